The van der Waals surface area contributed by atoms with E-state index >= 15 is 0 Å². The molecular formula is C13H17Cl2NO. The molecular weight excluding hydrogens is 257 g/mol. The lowest BCUT2D eigenvalue weighted by Crippen LogP contribution is -2.29. The van der Waals surface area contributed by atoms with Crippen LogP contribution in [0.3, 0.4) is 0 Å². The smallest absolute Gasteiger partial charge is 0.0572 e. The van der Waals surface area contributed by atoms with Crippen molar-refractivity contribution in [1.82, 2.24) is 0 Å². The molecule has 4 heteroatoms. The van der Waals surface area contributed by atoms with E-state index in [2.05, 4.69) is 5.32 Å². The zero-order valence-electron chi connectivity index (χ0n) is 9.88. The maximum absolute atomic E-state index is 5.97. The van der Waals surface area contributed by atoms with Gasteiger partial charge in [-0.2, -0.15) is 0 Å². The lowest BCUT2D eigenvalue weighted by Gasteiger charge is -2.29. The van der Waals surface area contributed by atoms with E-state index < -0.39 is 0 Å². The Morgan fingerprint density at radius 2 is 1.65 bits per heavy atom. The first kappa shape index (κ1) is 13.0. The molecule has 1 aromatic carbocycles. The molecule has 1 N–H and O–H groups in total. The summed E-state index contributed by atoms with van der Waals surface area (Å²) < 4.78 is 5.36. The van der Waals surface area contributed by atoms with Crippen molar-refractivity contribution in [2.45, 2.75) is 37.8 Å². The number of nitrogens with one attached hydrogen (secondary N) is 1. The Bertz CT molecular complexity index is 355. The lowest BCUT2D eigenvalue weighted by molar-refractivity contribution is 0.0682. The predicted octanol–water partition coefficient (Wildman–Crippen LogP) is 4.36. The molecule has 0 radical (unpaired) electrons. The molecule has 2 rings (SSSR count). The second-order valence-corrected chi connectivity index (χ2v) is 5.38. The van der Waals surface area contributed by atoms with Gasteiger partial charge in [0.05, 0.1) is 6.10 Å². The Morgan fingerprint density at radius 1 is 1.06 bits per heavy atom. The lowest BCUT2D eigenvalue weighted by atomic mass is 9.93. The number of methoxy groups -OCH3 is 1. The summed E-state index contributed by atoms with van der Waals surface area (Å²) in [5.41, 5.74) is 1.00. The van der Waals surface area contributed by atoms with Gasteiger partial charge < -0.3 is 10.1 Å². The minimum Gasteiger partial charge on any atom is -0.382 e. The van der Waals surface area contributed by atoms with Gasteiger partial charge in [0, 0.05) is 28.9 Å². The van der Waals surface area contributed by atoms with E-state index in [9.17, 15) is 0 Å². The molecule has 0 heterocycles. The van der Waals surface area contributed by atoms with Gasteiger partial charge in [-0.1, -0.05) is 23.2 Å². The van der Waals surface area contributed by atoms with Crippen LogP contribution in [0.2, 0.25) is 10.0 Å². The highest BCUT2D eigenvalue weighted by Gasteiger charge is 2.20. The normalized spacial score (nSPS) is 24.6. The number of benzene rings is 1. The van der Waals surface area contributed by atoms with Crippen molar-refractivity contribution < 1.29 is 4.74 Å². The van der Waals surface area contributed by atoms with Crippen molar-refractivity contribution in [3.05, 3.63) is 28.2 Å². The van der Waals surface area contributed by atoms with Gasteiger partial charge in [-0.05, 0) is 43.9 Å². The van der Waals surface area contributed by atoms with Gasteiger partial charge in [-0.25, -0.2) is 0 Å². The number of ether oxygens (including phenoxy) is 1. The van der Waals surface area contributed by atoms with Gasteiger partial charge in [0.2, 0.25) is 0 Å². The van der Waals surface area contributed by atoms with Crippen molar-refractivity contribution in [2.24, 2.45) is 0 Å². The van der Waals surface area contributed by atoms with Gasteiger partial charge in [0.15, 0.2) is 0 Å². The number of anilines is 1. The fourth-order valence-corrected chi connectivity index (χ4v) is 2.84. The third-order valence-corrected chi connectivity index (χ3v) is 3.68. The predicted molar refractivity (Wildman–Crippen MR) is 73.1 cm³/mol. The number of rotatable bonds is 3. The average molecular weight is 274 g/mol. The van der Waals surface area contributed by atoms with Crippen molar-refractivity contribution >= 4 is 28.9 Å². The first-order valence-electron chi connectivity index (χ1n) is 5.93. The van der Waals surface area contributed by atoms with Crippen LogP contribution in [-0.2, 0) is 4.74 Å². The number of hydrogen-bond donors (Lipinski definition) is 1. The molecule has 0 amide bonds. The van der Waals surface area contributed by atoms with Gasteiger partial charge in [0.25, 0.3) is 0 Å². The molecule has 0 aliphatic heterocycles. The molecule has 1 aliphatic rings. The highest BCUT2D eigenvalue weighted by Crippen LogP contribution is 2.27. The zero-order valence-corrected chi connectivity index (χ0v) is 11.4. The van der Waals surface area contributed by atoms with Gasteiger partial charge in [-0.15, -0.1) is 0 Å². The third kappa shape index (κ3) is 3.77. The largest absolute Gasteiger partial charge is 0.382 e. The van der Waals surface area contributed by atoms with Gasteiger partial charge in [0.1, 0.15) is 0 Å². The Labute approximate surface area is 112 Å². The molecule has 1 aromatic rings. The first-order chi connectivity index (χ1) is 8.17. The average Bonchev–Trinajstić information content (AvgIpc) is 2.28. The first-order valence-corrected chi connectivity index (χ1v) is 6.68. The van der Waals surface area contributed by atoms with E-state index in [1.807, 2.05) is 12.1 Å². The molecule has 1 aliphatic carbocycles. The summed E-state index contributed by atoms with van der Waals surface area (Å²) in [4.78, 5) is 0. The van der Waals surface area contributed by atoms with Crippen LogP contribution >= 0.6 is 23.2 Å². The SMILES string of the molecule is COC1CCC(Nc2cc(Cl)cc(Cl)c2)CC1. The molecule has 0 bridgehead atoms. The molecule has 17 heavy (non-hydrogen) atoms. The van der Waals surface area contributed by atoms with E-state index in [0.29, 0.717) is 22.2 Å². The summed E-state index contributed by atoms with van der Waals surface area (Å²) in [6.07, 6.45) is 4.91. The van der Waals surface area contributed by atoms with Crippen LogP contribution in [0.4, 0.5) is 5.69 Å². The molecule has 94 valence electrons. The fourth-order valence-electron chi connectivity index (χ4n) is 2.32. The van der Waals surface area contributed by atoms with Crippen molar-refractivity contribution in [3.63, 3.8) is 0 Å². The van der Waals surface area contributed by atoms with E-state index in [1.54, 1.807) is 13.2 Å². The van der Waals surface area contributed by atoms with Crippen LogP contribution in [-0.4, -0.2) is 19.3 Å². The van der Waals surface area contributed by atoms with Crippen LogP contribution in [0.25, 0.3) is 0 Å². The molecule has 1 saturated carbocycles. The quantitative estimate of drug-likeness (QED) is 0.884. The third-order valence-electron chi connectivity index (χ3n) is 3.24. The minimum atomic E-state index is 0.427. The van der Waals surface area contributed by atoms with Crippen molar-refractivity contribution in [3.8, 4) is 0 Å². The van der Waals surface area contributed by atoms with Crippen LogP contribution < -0.4 is 5.32 Å². The van der Waals surface area contributed by atoms with E-state index in [0.717, 1.165) is 31.4 Å². The maximum Gasteiger partial charge on any atom is 0.0572 e. The summed E-state index contributed by atoms with van der Waals surface area (Å²) in [5.74, 6) is 0. The molecule has 0 aromatic heterocycles. The van der Waals surface area contributed by atoms with Crippen LogP contribution in [0.1, 0.15) is 25.7 Å². The number of halogens is 2. The molecule has 0 spiro atoms. The minimum absolute atomic E-state index is 0.427. The Hall–Kier alpha value is -0.440. The molecule has 0 atom stereocenters. The zero-order chi connectivity index (χ0) is 12.3. The van der Waals surface area contributed by atoms with Crippen LogP contribution in [0.15, 0.2) is 18.2 Å². The number of hydrogen-bond acceptors (Lipinski definition) is 2. The molecule has 0 saturated heterocycles. The summed E-state index contributed by atoms with van der Waals surface area (Å²) in [7, 11) is 1.79. The Kier molecular flexibility index (Phi) is 4.55. The summed E-state index contributed by atoms with van der Waals surface area (Å²) in [6.45, 7) is 0. The van der Waals surface area contributed by atoms with Gasteiger partial charge in [-0.3, -0.25) is 0 Å². The topological polar surface area (TPSA) is 21.3 Å². The highest BCUT2D eigenvalue weighted by molar-refractivity contribution is 6.35. The second kappa shape index (κ2) is 5.94. The van der Waals surface area contributed by atoms with E-state index in [1.165, 1.54) is 0 Å². The second-order valence-electron chi connectivity index (χ2n) is 4.51. The standard InChI is InChI=1S/C13H17Cl2NO/c1-17-13-4-2-11(3-5-13)16-12-7-9(14)6-10(15)8-12/h6-8,11,13,16H,2-5H2,1H3. The summed E-state index contributed by atoms with van der Waals surface area (Å²) in [5, 5.41) is 4.83. The molecule has 2 nitrogen and oxygen atoms in total. The monoisotopic (exact) mass is 273 g/mol. The van der Waals surface area contributed by atoms with E-state index in [-0.39, 0.29) is 0 Å². The molecule has 0 unspecified atom stereocenters. The van der Waals surface area contributed by atoms with Crippen LogP contribution in [0.5, 0.6) is 0 Å². The van der Waals surface area contributed by atoms with Crippen LogP contribution in [0, 0.1) is 0 Å². The Balaban J connectivity index is 1.93. The van der Waals surface area contributed by atoms with Crippen molar-refractivity contribution in [1.29, 1.82) is 0 Å². The van der Waals surface area contributed by atoms with Gasteiger partial charge >= 0.3 is 0 Å². The summed E-state index contributed by atoms with van der Waals surface area (Å²) in [6, 6.07) is 6.07. The highest BCUT2D eigenvalue weighted by atomic mass is 35.5. The molecule has 1 fully saturated rings. The fraction of sp³-hybridized carbons (Fsp3) is 0.538. The van der Waals surface area contributed by atoms with Crippen molar-refractivity contribution in [2.75, 3.05) is 12.4 Å². The maximum atomic E-state index is 5.97. The summed E-state index contributed by atoms with van der Waals surface area (Å²) >= 11 is 11.9. The van der Waals surface area contributed by atoms with E-state index in [4.69, 9.17) is 27.9 Å². The Morgan fingerprint density at radius 3 is 2.18 bits per heavy atom.